The van der Waals surface area contributed by atoms with Crippen LogP contribution in [0.15, 0.2) is 121 Å². The lowest BCUT2D eigenvalue weighted by atomic mass is 9.94. The maximum atomic E-state index is 15.1. The van der Waals surface area contributed by atoms with Gasteiger partial charge in [-0.2, -0.15) is 8.42 Å². The van der Waals surface area contributed by atoms with E-state index in [1.54, 1.807) is 60.7 Å². The van der Waals surface area contributed by atoms with Crippen LogP contribution < -0.4 is 0 Å². The molecule has 0 spiro atoms. The van der Waals surface area contributed by atoms with E-state index in [1.165, 1.54) is 157 Å². The Hall–Kier alpha value is -7.24. The third-order valence-corrected chi connectivity index (χ3v) is 19.8. The van der Waals surface area contributed by atoms with Gasteiger partial charge in [0.15, 0.2) is 49.4 Å². The number of carbonyl (C=O) groups is 7. The molecule has 7 rings (SSSR count). The van der Waals surface area contributed by atoms with Crippen molar-refractivity contribution >= 4 is 52.2 Å². The Morgan fingerprint density at radius 2 is 0.722 bits per heavy atom. The lowest BCUT2D eigenvalue weighted by Crippen LogP contribution is -2.68. The summed E-state index contributed by atoms with van der Waals surface area (Å²) in [4.78, 5) is 96.9. The average Bonchev–Trinajstić information content (AvgIpc) is 0.757. The first-order valence-electron chi connectivity index (χ1n) is 38.8. The summed E-state index contributed by atoms with van der Waals surface area (Å²) in [5.74, 6) is -6.78. The van der Waals surface area contributed by atoms with Crippen molar-refractivity contribution in [2.45, 2.75) is 301 Å². The molecule has 598 valence electrons. The summed E-state index contributed by atoms with van der Waals surface area (Å²) in [5.41, 5.74) is 0.0505. The second kappa shape index (κ2) is 47.7. The highest BCUT2D eigenvalue weighted by Crippen LogP contribution is 2.39. The van der Waals surface area contributed by atoms with Gasteiger partial charge in [-0.05, 0) is 74.2 Å². The molecule has 0 saturated carbocycles. The molecule has 0 amide bonds. The van der Waals surface area contributed by atoms with Crippen LogP contribution in [-0.2, 0) is 90.5 Å². The lowest BCUT2D eigenvalue weighted by molar-refractivity contribution is -0.384. The Morgan fingerprint density at radius 3 is 1.13 bits per heavy atom. The van der Waals surface area contributed by atoms with E-state index in [0.29, 0.717) is 0 Å². The van der Waals surface area contributed by atoms with Crippen LogP contribution in [0.4, 0.5) is 0 Å². The topological polar surface area (TPSA) is 323 Å². The SMILES string of the molecule is CCCCCCCCCCCCCCC(CCCCCCCCCCCCCC)CO[C@@H]1O[C@H](COC(=O)c2ccccc2)[C@@H](O[C@@H]2O[C@H](COC(=O)c3ccccc3)[C@H](OS(=O)(=O)O)[C@H](O)[C@H]2OC(=O)c2ccccc2)[C@H](O[C@@H]2O[C@@H](C)[C@@H](OC(C)=O)[C@@H](OC(C)=O)[C@@H]2OC(C)=O)[C@H]1OC(=O)c1ccccc1. The van der Waals surface area contributed by atoms with Crippen molar-refractivity contribution in [3.05, 3.63) is 144 Å². The number of carbonyl (C=O) groups excluding carboxylic acids is 7. The third-order valence-electron chi connectivity index (χ3n) is 19.4. The molecule has 0 aromatic heterocycles. The summed E-state index contributed by atoms with van der Waals surface area (Å²) in [7, 11) is -5.55. The molecule has 0 aliphatic carbocycles. The first kappa shape index (κ1) is 88.0. The van der Waals surface area contributed by atoms with Crippen LogP contribution in [0.3, 0.4) is 0 Å². The summed E-state index contributed by atoms with van der Waals surface area (Å²) in [5, 5.41) is 12.6. The monoisotopic (exact) mass is 1530 g/mol. The minimum atomic E-state index is -5.55. The van der Waals surface area contributed by atoms with E-state index in [1.807, 2.05) is 0 Å². The van der Waals surface area contributed by atoms with Gasteiger partial charge in [0.05, 0.1) is 35.0 Å². The molecular weight excluding hydrogens is 1420 g/mol. The minimum absolute atomic E-state index is 0.00842. The van der Waals surface area contributed by atoms with Crippen LogP contribution in [0.1, 0.15) is 250 Å². The number of ether oxygens (including phenoxy) is 13. The highest BCUT2D eigenvalue weighted by atomic mass is 32.3. The van der Waals surface area contributed by atoms with E-state index in [-0.39, 0.29) is 34.8 Å². The number of rotatable bonds is 48. The fraction of sp³-hybridized carbons (Fsp3) is 0.622. The highest BCUT2D eigenvalue weighted by Gasteiger charge is 2.59. The first-order chi connectivity index (χ1) is 52.1. The maximum Gasteiger partial charge on any atom is 0.397 e. The van der Waals surface area contributed by atoms with Crippen molar-refractivity contribution in [2.24, 2.45) is 5.92 Å². The van der Waals surface area contributed by atoms with E-state index in [9.17, 15) is 46.8 Å². The molecule has 3 heterocycles. The predicted octanol–water partition coefficient (Wildman–Crippen LogP) is 14.3. The summed E-state index contributed by atoms with van der Waals surface area (Å²) in [6, 6.07) is 30.7. The summed E-state index contributed by atoms with van der Waals surface area (Å²) >= 11 is 0. The van der Waals surface area contributed by atoms with Crippen molar-refractivity contribution in [3.8, 4) is 0 Å². The predicted molar refractivity (Wildman–Crippen MR) is 396 cm³/mol. The van der Waals surface area contributed by atoms with Crippen molar-refractivity contribution in [3.63, 3.8) is 0 Å². The van der Waals surface area contributed by atoms with Gasteiger partial charge in [-0.3, -0.25) is 18.9 Å². The first-order valence-corrected chi connectivity index (χ1v) is 40.2. The lowest BCUT2D eigenvalue weighted by Gasteiger charge is -2.50. The van der Waals surface area contributed by atoms with Crippen LogP contribution in [0, 0.1) is 5.92 Å². The van der Waals surface area contributed by atoms with Gasteiger partial charge in [0.25, 0.3) is 0 Å². The Labute approximate surface area is 636 Å². The molecule has 3 aliphatic heterocycles. The molecule has 3 fully saturated rings. The van der Waals surface area contributed by atoms with Crippen molar-refractivity contribution in [1.82, 2.24) is 0 Å². The molecule has 4 aromatic carbocycles. The second-order valence-corrected chi connectivity index (χ2v) is 29.2. The van der Waals surface area contributed by atoms with Crippen molar-refractivity contribution in [2.75, 3.05) is 19.8 Å². The molecule has 0 unspecified atom stereocenters. The Bertz CT molecular complexity index is 3370. The standard InChI is InChI=1S/C82H114O25S/c1-7-9-11-13-15-17-19-21-23-25-27-33-43-60(44-34-28-26-24-22-20-18-16-14-12-10-8-2)53-96-80-74(104-79(90)64-51-41-32-42-52-64)73(106-82-75(100-59(6)85)72(99-58(5)84)68(56(3)97-82)98-57(4)83)70(66(101-80)55-95-77(88)62-47-37-30-38-48-62)105-81-71(103-78(89)63-49-39-31-40-50-63)67(86)69(107-108(91,92)93)65(102-81)54-94-76(87)61-45-35-29-36-46-61/h29-32,35-42,45-52,56,60,65-75,80-82,86H,7-28,33-34,43-44,53-55H2,1-6H3,(H,91,92,93)/t56-,65+,66+,67-,68+,69-,70+,71+,72+,73-,74+,75-,80+,81-,82-/m0/s1. The molecule has 15 atom stereocenters. The maximum absolute atomic E-state index is 15.1. The molecule has 0 radical (unpaired) electrons. The molecule has 3 saturated heterocycles. The summed E-state index contributed by atoms with van der Waals surface area (Å²) < 4.78 is 124. The van der Waals surface area contributed by atoms with Gasteiger partial charge in [-0.25, -0.2) is 23.4 Å². The molecule has 0 bridgehead atoms. The minimum Gasteiger partial charge on any atom is -0.459 e. The number of hydrogen-bond donors (Lipinski definition) is 2. The second-order valence-electron chi connectivity index (χ2n) is 28.2. The Morgan fingerprint density at radius 1 is 0.389 bits per heavy atom. The molecular formula is C82H114O25S. The van der Waals surface area contributed by atoms with Gasteiger partial charge < -0.3 is 66.7 Å². The number of aliphatic hydroxyl groups excluding tert-OH is 1. The molecule has 25 nitrogen and oxygen atoms in total. The van der Waals surface area contributed by atoms with Gasteiger partial charge in [0, 0.05) is 20.8 Å². The molecule has 4 aromatic rings. The number of unbranched alkanes of at least 4 members (excludes halogenated alkanes) is 22. The smallest absolute Gasteiger partial charge is 0.397 e. The number of aliphatic hydroxyl groups is 1. The van der Waals surface area contributed by atoms with E-state index < -0.39 is 158 Å². The fourth-order valence-electron chi connectivity index (χ4n) is 13.8. The molecule has 108 heavy (non-hydrogen) atoms. The van der Waals surface area contributed by atoms with Crippen molar-refractivity contribution < 1.29 is 117 Å². The zero-order chi connectivity index (χ0) is 77.6. The van der Waals surface area contributed by atoms with Gasteiger partial charge in [-0.1, -0.05) is 241 Å². The highest BCUT2D eigenvalue weighted by molar-refractivity contribution is 7.80. The van der Waals surface area contributed by atoms with E-state index in [0.717, 1.165) is 97.8 Å². The van der Waals surface area contributed by atoms with E-state index in [4.69, 9.17) is 65.8 Å². The van der Waals surface area contributed by atoms with Gasteiger partial charge in [0.2, 0.25) is 0 Å². The van der Waals surface area contributed by atoms with Crippen LogP contribution in [0.25, 0.3) is 0 Å². The average molecular weight is 1530 g/mol. The van der Waals surface area contributed by atoms with Crippen LogP contribution in [-0.4, -0.2) is 172 Å². The normalized spacial score (nSPS) is 24.2. The zero-order valence-corrected chi connectivity index (χ0v) is 64.3. The fourth-order valence-corrected chi connectivity index (χ4v) is 14.3. The molecule has 2 N–H and O–H groups in total. The number of esters is 7. The zero-order valence-electron chi connectivity index (χ0n) is 63.5. The Kier molecular flexibility index (Phi) is 38.9. The number of benzene rings is 4. The number of hydrogen-bond acceptors (Lipinski definition) is 24. The Balaban J connectivity index is 1.35. The molecule has 3 aliphatic rings. The van der Waals surface area contributed by atoms with E-state index >= 15 is 4.79 Å². The quantitative estimate of drug-likeness (QED) is 0.0180. The van der Waals surface area contributed by atoms with Crippen LogP contribution in [0.5, 0.6) is 0 Å². The van der Waals surface area contributed by atoms with E-state index in [2.05, 4.69) is 13.8 Å². The van der Waals surface area contributed by atoms with Crippen LogP contribution in [0.2, 0.25) is 0 Å². The summed E-state index contributed by atoms with van der Waals surface area (Å²) in [6.45, 7) is 7.40. The summed E-state index contributed by atoms with van der Waals surface area (Å²) in [6.07, 6.45) is 0.567. The van der Waals surface area contributed by atoms with Gasteiger partial charge in [-0.15, -0.1) is 0 Å². The van der Waals surface area contributed by atoms with Gasteiger partial charge in [0.1, 0.15) is 49.8 Å². The van der Waals surface area contributed by atoms with Gasteiger partial charge >= 0.3 is 52.2 Å². The largest absolute Gasteiger partial charge is 0.459 e. The third kappa shape index (κ3) is 30.2. The van der Waals surface area contributed by atoms with Crippen molar-refractivity contribution in [1.29, 1.82) is 0 Å². The molecule has 26 heteroatoms. The van der Waals surface area contributed by atoms with Crippen LogP contribution >= 0.6 is 0 Å².